The Kier molecular flexibility index (Phi) is 2.51. The van der Waals surface area contributed by atoms with E-state index in [1.54, 1.807) is 0 Å². The average molecular weight is 196 g/mol. The third kappa shape index (κ3) is 1.56. The molecule has 14 heavy (non-hydrogen) atoms. The summed E-state index contributed by atoms with van der Waals surface area (Å²) in [7, 11) is 0. The van der Waals surface area contributed by atoms with Crippen molar-refractivity contribution in [3.63, 3.8) is 0 Å². The Morgan fingerprint density at radius 3 is 2.29 bits per heavy atom. The van der Waals surface area contributed by atoms with Crippen LogP contribution in [0, 0.1) is 5.92 Å². The van der Waals surface area contributed by atoms with Crippen LogP contribution in [0.5, 0.6) is 0 Å². The van der Waals surface area contributed by atoms with Gasteiger partial charge in [0, 0.05) is 0 Å². The van der Waals surface area contributed by atoms with Gasteiger partial charge in [-0.3, -0.25) is 9.59 Å². The maximum Gasteiger partial charge on any atom is 0.339 e. The third-order valence-corrected chi connectivity index (χ3v) is 1.97. The van der Waals surface area contributed by atoms with E-state index in [1.165, 1.54) is 13.0 Å². The summed E-state index contributed by atoms with van der Waals surface area (Å²) in [6.07, 6.45) is 2.46. The van der Waals surface area contributed by atoms with Crippen molar-refractivity contribution in [2.45, 2.75) is 6.92 Å². The average Bonchev–Trinajstić information content (AvgIpc) is 2.02. The fourth-order valence-corrected chi connectivity index (χ4v) is 1.24. The topological polar surface area (TPSA) is 91.7 Å². The van der Waals surface area contributed by atoms with Crippen molar-refractivity contribution in [2.24, 2.45) is 5.92 Å². The molecule has 0 aliphatic heterocycles. The van der Waals surface area contributed by atoms with Crippen molar-refractivity contribution in [1.29, 1.82) is 0 Å². The molecule has 0 heterocycles. The minimum atomic E-state index is -1.40. The van der Waals surface area contributed by atoms with Crippen LogP contribution in [0.25, 0.3) is 0 Å². The standard InChI is InChI=1S/C9H8O5/c1-4-2-3-5(8(11)12)7(10)6(4)9(13)14/h2-3,6H,1H3,(H,11,12)(H,13,14). The number of carbonyl (C=O) groups is 3. The van der Waals surface area contributed by atoms with Gasteiger partial charge in [-0.1, -0.05) is 11.6 Å². The molecule has 0 aromatic carbocycles. The predicted molar refractivity (Wildman–Crippen MR) is 45.6 cm³/mol. The zero-order valence-electron chi connectivity index (χ0n) is 7.35. The summed E-state index contributed by atoms with van der Waals surface area (Å²) in [6.45, 7) is 1.48. The van der Waals surface area contributed by atoms with Gasteiger partial charge >= 0.3 is 11.9 Å². The number of hydrogen-bond donors (Lipinski definition) is 2. The second-order valence-corrected chi connectivity index (χ2v) is 2.93. The van der Waals surface area contributed by atoms with Gasteiger partial charge in [0.25, 0.3) is 0 Å². The van der Waals surface area contributed by atoms with Crippen molar-refractivity contribution in [2.75, 3.05) is 0 Å². The highest BCUT2D eigenvalue weighted by atomic mass is 16.4. The first-order chi connectivity index (χ1) is 6.45. The fraction of sp³-hybridized carbons (Fsp3) is 0.222. The lowest BCUT2D eigenvalue weighted by Gasteiger charge is -2.15. The first kappa shape index (κ1) is 10.2. The third-order valence-electron chi connectivity index (χ3n) is 1.97. The van der Waals surface area contributed by atoms with Gasteiger partial charge in [-0.25, -0.2) is 4.79 Å². The number of rotatable bonds is 2. The van der Waals surface area contributed by atoms with E-state index in [9.17, 15) is 14.4 Å². The van der Waals surface area contributed by atoms with Crippen LogP contribution in [0.4, 0.5) is 0 Å². The monoisotopic (exact) mass is 196 g/mol. The van der Waals surface area contributed by atoms with Gasteiger partial charge in [-0.2, -0.15) is 0 Å². The maximum atomic E-state index is 11.3. The Hall–Kier alpha value is -1.91. The van der Waals surface area contributed by atoms with E-state index in [1.807, 2.05) is 0 Å². The molecular formula is C9H8O5. The molecule has 0 aromatic heterocycles. The highest BCUT2D eigenvalue weighted by molar-refractivity contribution is 6.23. The number of hydrogen-bond acceptors (Lipinski definition) is 3. The Bertz CT molecular complexity index is 375. The summed E-state index contributed by atoms with van der Waals surface area (Å²) in [5.41, 5.74) is -0.143. The van der Waals surface area contributed by atoms with Crippen LogP contribution in [-0.4, -0.2) is 27.9 Å². The van der Waals surface area contributed by atoms with Gasteiger partial charge in [0.2, 0.25) is 0 Å². The van der Waals surface area contributed by atoms with Crippen molar-refractivity contribution in [1.82, 2.24) is 0 Å². The smallest absolute Gasteiger partial charge is 0.339 e. The van der Waals surface area contributed by atoms with Crippen molar-refractivity contribution >= 4 is 17.7 Å². The van der Waals surface area contributed by atoms with E-state index in [0.29, 0.717) is 5.57 Å². The molecule has 1 aliphatic rings. The van der Waals surface area contributed by atoms with E-state index < -0.39 is 29.2 Å². The van der Waals surface area contributed by atoms with Crippen molar-refractivity contribution in [3.8, 4) is 0 Å². The van der Waals surface area contributed by atoms with Crippen molar-refractivity contribution in [3.05, 3.63) is 23.3 Å². The number of allylic oxidation sites excluding steroid dienone is 2. The molecule has 0 amide bonds. The minimum absolute atomic E-state index is 0.340. The van der Waals surface area contributed by atoms with Crippen LogP contribution >= 0.6 is 0 Å². The van der Waals surface area contributed by atoms with Crippen LogP contribution in [0.3, 0.4) is 0 Å². The largest absolute Gasteiger partial charge is 0.480 e. The normalized spacial score (nSPS) is 21.2. The summed E-state index contributed by atoms with van der Waals surface area (Å²) >= 11 is 0. The molecule has 1 rings (SSSR count). The quantitative estimate of drug-likeness (QED) is 0.487. The summed E-state index contributed by atoms with van der Waals surface area (Å²) in [5.74, 6) is -4.95. The van der Waals surface area contributed by atoms with Gasteiger partial charge in [0.1, 0.15) is 11.5 Å². The zero-order chi connectivity index (χ0) is 10.9. The number of carboxylic acid groups (broad SMARTS) is 2. The molecule has 0 fully saturated rings. The summed E-state index contributed by atoms with van der Waals surface area (Å²) in [4.78, 5) is 32.5. The summed E-state index contributed by atoms with van der Waals surface area (Å²) in [6, 6.07) is 0. The maximum absolute atomic E-state index is 11.3. The Labute approximate surface area is 79.3 Å². The molecule has 0 spiro atoms. The molecule has 0 aromatic rings. The van der Waals surface area contributed by atoms with Gasteiger partial charge in [0.05, 0.1) is 0 Å². The Morgan fingerprint density at radius 1 is 1.29 bits per heavy atom. The van der Waals surface area contributed by atoms with Gasteiger partial charge in [0.15, 0.2) is 5.78 Å². The number of aliphatic carboxylic acids is 2. The molecule has 5 nitrogen and oxygen atoms in total. The van der Waals surface area contributed by atoms with E-state index in [-0.39, 0.29) is 0 Å². The number of carboxylic acids is 2. The summed E-state index contributed by atoms with van der Waals surface area (Å²) < 4.78 is 0. The van der Waals surface area contributed by atoms with Crippen LogP contribution < -0.4 is 0 Å². The van der Waals surface area contributed by atoms with Crippen LogP contribution in [-0.2, 0) is 14.4 Å². The molecule has 5 heteroatoms. The van der Waals surface area contributed by atoms with Gasteiger partial charge < -0.3 is 10.2 Å². The molecule has 1 aliphatic carbocycles. The van der Waals surface area contributed by atoms with Crippen LogP contribution in [0.2, 0.25) is 0 Å². The highest BCUT2D eigenvalue weighted by Crippen LogP contribution is 2.21. The molecule has 0 saturated carbocycles. The van der Waals surface area contributed by atoms with Gasteiger partial charge in [-0.15, -0.1) is 0 Å². The van der Waals surface area contributed by atoms with E-state index in [4.69, 9.17) is 10.2 Å². The van der Waals surface area contributed by atoms with E-state index in [0.717, 1.165) is 6.08 Å². The summed E-state index contributed by atoms with van der Waals surface area (Å²) in [5, 5.41) is 17.3. The fourth-order valence-electron chi connectivity index (χ4n) is 1.24. The molecule has 74 valence electrons. The molecule has 2 N–H and O–H groups in total. The minimum Gasteiger partial charge on any atom is -0.480 e. The lowest BCUT2D eigenvalue weighted by molar-refractivity contribution is -0.144. The zero-order valence-corrected chi connectivity index (χ0v) is 7.35. The van der Waals surface area contributed by atoms with E-state index in [2.05, 4.69) is 0 Å². The van der Waals surface area contributed by atoms with Gasteiger partial charge in [-0.05, 0) is 13.0 Å². The molecule has 1 atom stereocenters. The number of Topliss-reactive ketones (excluding diaryl/α,β-unsaturated/α-hetero) is 1. The molecule has 1 unspecified atom stereocenters. The number of ketones is 1. The molecular weight excluding hydrogens is 188 g/mol. The highest BCUT2D eigenvalue weighted by Gasteiger charge is 2.34. The lowest BCUT2D eigenvalue weighted by Crippen LogP contribution is -2.30. The van der Waals surface area contributed by atoms with Crippen LogP contribution in [0.1, 0.15) is 6.92 Å². The number of carbonyl (C=O) groups excluding carboxylic acids is 1. The first-order valence-corrected chi connectivity index (χ1v) is 3.84. The second kappa shape index (κ2) is 3.45. The second-order valence-electron chi connectivity index (χ2n) is 2.93. The molecule has 0 radical (unpaired) electrons. The van der Waals surface area contributed by atoms with Crippen LogP contribution in [0.15, 0.2) is 23.3 Å². The van der Waals surface area contributed by atoms with E-state index >= 15 is 0 Å². The lowest BCUT2D eigenvalue weighted by atomic mass is 9.87. The SMILES string of the molecule is CC1=CC=C(C(=O)O)C(=O)C1C(=O)O. The van der Waals surface area contributed by atoms with Crippen molar-refractivity contribution < 1.29 is 24.6 Å². The Balaban J connectivity index is 3.14. The Morgan fingerprint density at radius 2 is 1.86 bits per heavy atom. The molecule has 0 saturated heterocycles. The molecule has 0 bridgehead atoms. The predicted octanol–water partition coefficient (Wildman–Crippen LogP) is 0.227. The first-order valence-electron chi connectivity index (χ1n) is 3.84.